The van der Waals surface area contributed by atoms with Crippen molar-refractivity contribution in [3.63, 3.8) is 0 Å². The second-order valence-electron chi connectivity index (χ2n) is 4.47. The SMILES string of the molecule is C=C(C)C(=O)OCCCCCCCCCCO. The van der Waals surface area contributed by atoms with Gasteiger partial charge in [0.25, 0.3) is 0 Å². The van der Waals surface area contributed by atoms with Crippen molar-refractivity contribution in [3.05, 3.63) is 12.2 Å². The molecule has 0 spiro atoms. The largest absolute Gasteiger partial charge is 0.462 e. The summed E-state index contributed by atoms with van der Waals surface area (Å²) in [6.07, 6.45) is 9.00. The third-order valence-electron chi connectivity index (χ3n) is 2.63. The van der Waals surface area contributed by atoms with Crippen LogP contribution in [0.2, 0.25) is 0 Å². The van der Waals surface area contributed by atoms with Gasteiger partial charge in [-0.25, -0.2) is 4.79 Å². The molecule has 0 aromatic rings. The Bertz CT molecular complexity index is 212. The molecule has 0 heterocycles. The van der Waals surface area contributed by atoms with Crippen molar-refractivity contribution in [1.29, 1.82) is 0 Å². The van der Waals surface area contributed by atoms with E-state index in [1.54, 1.807) is 6.92 Å². The predicted octanol–water partition coefficient (Wildman–Crippen LogP) is 3.22. The molecule has 0 aromatic carbocycles. The highest BCUT2D eigenvalue weighted by atomic mass is 16.5. The zero-order chi connectivity index (χ0) is 12.9. The quantitative estimate of drug-likeness (QED) is 0.344. The minimum Gasteiger partial charge on any atom is -0.462 e. The van der Waals surface area contributed by atoms with E-state index in [9.17, 15) is 4.79 Å². The number of carbonyl (C=O) groups is 1. The fraction of sp³-hybridized carbons (Fsp3) is 0.786. The summed E-state index contributed by atoms with van der Waals surface area (Å²) in [6, 6.07) is 0. The summed E-state index contributed by atoms with van der Waals surface area (Å²) in [7, 11) is 0. The van der Waals surface area contributed by atoms with E-state index in [1.165, 1.54) is 25.7 Å². The van der Waals surface area contributed by atoms with Crippen LogP contribution in [0.1, 0.15) is 58.3 Å². The van der Waals surface area contributed by atoms with Gasteiger partial charge in [0.15, 0.2) is 0 Å². The first kappa shape index (κ1) is 16.2. The van der Waals surface area contributed by atoms with Crippen molar-refractivity contribution < 1.29 is 14.6 Å². The first-order chi connectivity index (χ1) is 8.18. The molecule has 3 heteroatoms. The predicted molar refractivity (Wildman–Crippen MR) is 69.8 cm³/mol. The van der Waals surface area contributed by atoms with Crippen LogP contribution in [-0.4, -0.2) is 24.3 Å². The van der Waals surface area contributed by atoms with E-state index in [0.29, 0.717) is 18.8 Å². The number of ether oxygens (including phenoxy) is 1. The molecular weight excluding hydrogens is 216 g/mol. The summed E-state index contributed by atoms with van der Waals surface area (Å²) in [5, 5.41) is 8.60. The van der Waals surface area contributed by atoms with Gasteiger partial charge in [-0.2, -0.15) is 0 Å². The Morgan fingerprint density at radius 1 is 1.00 bits per heavy atom. The Kier molecular flexibility index (Phi) is 11.1. The summed E-state index contributed by atoms with van der Waals surface area (Å²) in [4.78, 5) is 11.0. The first-order valence-corrected chi connectivity index (χ1v) is 6.62. The fourth-order valence-corrected chi connectivity index (χ4v) is 1.56. The van der Waals surface area contributed by atoms with Gasteiger partial charge in [-0.1, -0.05) is 45.1 Å². The van der Waals surface area contributed by atoms with Crippen molar-refractivity contribution in [3.8, 4) is 0 Å². The molecule has 0 radical (unpaired) electrons. The lowest BCUT2D eigenvalue weighted by Crippen LogP contribution is -2.05. The lowest BCUT2D eigenvalue weighted by molar-refractivity contribution is -0.139. The highest BCUT2D eigenvalue weighted by molar-refractivity contribution is 5.86. The number of rotatable bonds is 11. The maximum absolute atomic E-state index is 11.0. The normalized spacial score (nSPS) is 10.2. The number of esters is 1. The molecule has 1 N–H and O–H groups in total. The Morgan fingerprint density at radius 2 is 1.47 bits per heavy atom. The molecule has 0 saturated heterocycles. The van der Waals surface area contributed by atoms with E-state index >= 15 is 0 Å². The molecule has 0 fully saturated rings. The monoisotopic (exact) mass is 242 g/mol. The molecule has 0 aromatic heterocycles. The fourth-order valence-electron chi connectivity index (χ4n) is 1.56. The number of hydrogen-bond acceptors (Lipinski definition) is 3. The van der Waals surface area contributed by atoms with E-state index in [-0.39, 0.29) is 5.97 Å². The van der Waals surface area contributed by atoms with E-state index < -0.39 is 0 Å². The van der Waals surface area contributed by atoms with Gasteiger partial charge in [-0.05, 0) is 19.8 Å². The van der Waals surface area contributed by atoms with Crippen LogP contribution in [0.4, 0.5) is 0 Å². The molecule has 0 amide bonds. The molecule has 17 heavy (non-hydrogen) atoms. The maximum Gasteiger partial charge on any atom is 0.333 e. The van der Waals surface area contributed by atoms with Gasteiger partial charge in [-0.15, -0.1) is 0 Å². The summed E-state index contributed by atoms with van der Waals surface area (Å²) < 4.78 is 5.00. The minimum absolute atomic E-state index is 0.283. The van der Waals surface area contributed by atoms with Gasteiger partial charge < -0.3 is 9.84 Å². The number of hydrogen-bond donors (Lipinski definition) is 1. The molecule has 0 bridgehead atoms. The lowest BCUT2D eigenvalue weighted by atomic mass is 10.1. The van der Waals surface area contributed by atoms with Crippen LogP contribution < -0.4 is 0 Å². The van der Waals surface area contributed by atoms with Crippen LogP contribution in [0.25, 0.3) is 0 Å². The van der Waals surface area contributed by atoms with Crippen molar-refractivity contribution >= 4 is 5.97 Å². The maximum atomic E-state index is 11.0. The smallest absolute Gasteiger partial charge is 0.333 e. The molecule has 0 rings (SSSR count). The van der Waals surface area contributed by atoms with Gasteiger partial charge in [0.1, 0.15) is 0 Å². The molecule has 0 aliphatic heterocycles. The Labute approximate surface area is 105 Å². The summed E-state index contributed by atoms with van der Waals surface area (Å²) in [6.45, 7) is 6.01. The van der Waals surface area contributed by atoms with E-state index in [4.69, 9.17) is 9.84 Å². The van der Waals surface area contributed by atoms with Crippen molar-refractivity contribution in [2.75, 3.05) is 13.2 Å². The zero-order valence-corrected chi connectivity index (χ0v) is 11.0. The molecule has 0 aliphatic carbocycles. The van der Waals surface area contributed by atoms with Crippen molar-refractivity contribution in [2.24, 2.45) is 0 Å². The van der Waals surface area contributed by atoms with Gasteiger partial charge in [0, 0.05) is 12.2 Å². The van der Waals surface area contributed by atoms with E-state index in [0.717, 1.165) is 25.7 Å². The Balaban J connectivity index is 3.08. The summed E-state index contributed by atoms with van der Waals surface area (Å²) in [5.74, 6) is -0.283. The second kappa shape index (κ2) is 11.6. The highest BCUT2D eigenvalue weighted by Crippen LogP contribution is 2.08. The van der Waals surface area contributed by atoms with Gasteiger partial charge in [0.05, 0.1) is 6.61 Å². The van der Waals surface area contributed by atoms with Crippen LogP contribution >= 0.6 is 0 Å². The molecule has 0 atom stereocenters. The van der Waals surface area contributed by atoms with Crippen molar-refractivity contribution in [2.45, 2.75) is 58.3 Å². The Morgan fingerprint density at radius 3 is 1.94 bits per heavy atom. The molecular formula is C14H26O3. The highest BCUT2D eigenvalue weighted by Gasteiger charge is 2.01. The van der Waals surface area contributed by atoms with Crippen LogP contribution in [0.15, 0.2) is 12.2 Å². The Hall–Kier alpha value is -0.830. The standard InChI is InChI=1S/C14H26O3/c1-13(2)14(16)17-12-10-8-6-4-3-5-7-9-11-15/h15H,1,3-12H2,2H3. The average molecular weight is 242 g/mol. The lowest BCUT2D eigenvalue weighted by Gasteiger charge is -2.04. The van der Waals surface area contributed by atoms with Gasteiger partial charge in [0.2, 0.25) is 0 Å². The van der Waals surface area contributed by atoms with Crippen LogP contribution in [0, 0.1) is 0 Å². The summed E-state index contributed by atoms with van der Waals surface area (Å²) >= 11 is 0. The van der Waals surface area contributed by atoms with Crippen LogP contribution in [-0.2, 0) is 9.53 Å². The van der Waals surface area contributed by atoms with Crippen molar-refractivity contribution in [1.82, 2.24) is 0 Å². The molecule has 3 nitrogen and oxygen atoms in total. The number of unbranched alkanes of at least 4 members (excludes halogenated alkanes) is 7. The molecule has 0 unspecified atom stereocenters. The molecule has 0 aliphatic rings. The van der Waals surface area contributed by atoms with E-state index in [2.05, 4.69) is 6.58 Å². The first-order valence-electron chi connectivity index (χ1n) is 6.62. The van der Waals surface area contributed by atoms with E-state index in [1.807, 2.05) is 0 Å². The number of carbonyl (C=O) groups excluding carboxylic acids is 1. The number of aliphatic hydroxyl groups excluding tert-OH is 1. The number of aliphatic hydroxyl groups is 1. The summed E-state index contributed by atoms with van der Waals surface area (Å²) in [5.41, 5.74) is 0.467. The van der Waals surface area contributed by atoms with Crippen LogP contribution in [0.3, 0.4) is 0 Å². The average Bonchev–Trinajstić information content (AvgIpc) is 2.31. The van der Waals surface area contributed by atoms with Crippen LogP contribution in [0.5, 0.6) is 0 Å². The van der Waals surface area contributed by atoms with Gasteiger partial charge >= 0.3 is 5.97 Å². The van der Waals surface area contributed by atoms with Gasteiger partial charge in [-0.3, -0.25) is 0 Å². The second-order valence-corrected chi connectivity index (χ2v) is 4.47. The topological polar surface area (TPSA) is 46.5 Å². The third kappa shape index (κ3) is 11.4. The molecule has 100 valence electrons. The minimum atomic E-state index is -0.283. The molecule has 0 saturated carbocycles. The third-order valence-corrected chi connectivity index (χ3v) is 2.63. The zero-order valence-electron chi connectivity index (χ0n) is 11.0.